The molecular weight excluding hydrogens is 743 g/mol. The maximum Gasteiger partial charge on any atom is 0.514 e. The van der Waals surface area contributed by atoms with Crippen molar-refractivity contribution < 1.29 is 55.4 Å². The first-order valence-corrected chi connectivity index (χ1v) is 17.3. The molecule has 11 nitrogen and oxygen atoms in total. The molecule has 4 aromatic rings. The number of benzene rings is 4. The van der Waals surface area contributed by atoms with Crippen molar-refractivity contribution in [3.05, 3.63) is 119 Å². The van der Waals surface area contributed by atoms with E-state index in [-0.39, 0.29) is 35.3 Å². The van der Waals surface area contributed by atoms with E-state index in [1.165, 1.54) is 50.5 Å². The lowest BCUT2D eigenvalue weighted by molar-refractivity contribution is -0.140. The summed E-state index contributed by atoms with van der Waals surface area (Å²) in [4.78, 5) is 68.1. The van der Waals surface area contributed by atoms with Gasteiger partial charge in [0.25, 0.3) is 11.8 Å². The first-order chi connectivity index (χ1) is 26.6. The smallest absolute Gasteiger partial charge is 0.432 e. The van der Waals surface area contributed by atoms with Crippen LogP contribution in [0.1, 0.15) is 58.5 Å². The summed E-state index contributed by atoms with van der Waals surface area (Å²) in [7, 11) is 2.48. The number of rotatable bonds is 14. The summed E-state index contributed by atoms with van der Waals surface area (Å²) in [6, 6.07) is 17.9. The molecule has 0 bridgehead atoms. The van der Waals surface area contributed by atoms with Gasteiger partial charge in [-0.25, -0.2) is 13.6 Å². The molecule has 0 radical (unpaired) electrons. The van der Waals surface area contributed by atoms with Crippen LogP contribution < -0.4 is 20.7 Å². The Labute approximate surface area is 319 Å². The van der Waals surface area contributed by atoms with Crippen LogP contribution in [0.25, 0.3) is 11.1 Å². The first kappa shape index (κ1) is 42.4. The Morgan fingerprint density at radius 3 is 1.88 bits per heavy atom. The molecule has 0 saturated heterocycles. The van der Waals surface area contributed by atoms with Crippen LogP contribution in [0.3, 0.4) is 0 Å². The van der Waals surface area contributed by atoms with Gasteiger partial charge in [0.1, 0.15) is 12.2 Å². The maximum atomic E-state index is 16.2. The third-order valence-corrected chi connectivity index (χ3v) is 8.44. The molecule has 56 heavy (non-hydrogen) atoms. The normalized spacial score (nSPS) is 11.3. The molecule has 0 aliphatic heterocycles. The topological polar surface area (TPSA) is 143 Å². The van der Waals surface area contributed by atoms with Crippen molar-refractivity contribution in [2.24, 2.45) is 0 Å². The van der Waals surface area contributed by atoms with Crippen molar-refractivity contribution in [2.75, 3.05) is 39.1 Å². The van der Waals surface area contributed by atoms with Crippen LogP contribution in [-0.4, -0.2) is 68.5 Å². The van der Waals surface area contributed by atoms with Crippen LogP contribution in [0.5, 0.6) is 5.75 Å². The number of carbonyl (C=O) groups is 5. The molecule has 3 N–H and O–H groups in total. The van der Waals surface area contributed by atoms with E-state index in [0.29, 0.717) is 18.9 Å². The van der Waals surface area contributed by atoms with Gasteiger partial charge in [-0.05, 0) is 47.7 Å². The van der Waals surface area contributed by atoms with E-state index in [0.717, 1.165) is 29.2 Å². The summed E-state index contributed by atoms with van der Waals surface area (Å²) >= 11 is 0. The van der Waals surface area contributed by atoms with Crippen LogP contribution in [0.4, 0.5) is 32.4 Å². The van der Waals surface area contributed by atoms with Gasteiger partial charge >= 0.3 is 12.3 Å². The molecule has 4 rings (SSSR count). The van der Waals surface area contributed by atoms with E-state index in [2.05, 4.69) is 16.0 Å². The number of hydrogen-bond donors (Lipinski definition) is 3. The number of nitrogens with zero attached hydrogens (tertiary/aromatic N) is 1. The Kier molecular flexibility index (Phi) is 13.9. The van der Waals surface area contributed by atoms with Gasteiger partial charge in [-0.15, -0.1) is 0 Å². The lowest BCUT2D eigenvalue weighted by Crippen LogP contribution is -2.58. The Morgan fingerprint density at radius 2 is 1.32 bits per heavy atom. The van der Waals surface area contributed by atoms with Gasteiger partial charge in [0.15, 0.2) is 17.0 Å². The van der Waals surface area contributed by atoms with Crippen LogP contribution in [0.2, 0.25) is 0 Å². The van der Waals surface area contributed by atoms with Gasteiger partial charge in [0.05, 0.1) is 11.3 Å². The van der Waals surface area contributed by atoms with Crippen molar-refractivity contribution in [1.29, 1.82) is 0 Å². The Hall–Kier alpha value is -6.32. The average molecular weight is 783 g/mol. The van der Waals surface area contributed by atoms with E-state index in [1.807, 2.05) is 0 Å². The van der Waals surface area contributed by atoms with Crippen molar-refractivity contribution in [1.82, 2.24) is 15.5 Å². The first-order valence-electron chi connectivity index (χ1n) is 17.3. The molecule has 4 amide bonds. The minimum atomic E-state index is -4.60. The number of amides is 4. The van der Waals surface area contributed by atoms with Crippen molar-refractivity contribution in [3.8, 4) is 16.9 Å². The highest BCUT2D eigenvalue weighted by Gasteiger charge is 2.49. The lowest BCUT2D eigenvalue weighted by Gasteiger charge is -2.31. The highest BCUT2D eigenvalue weighted by atomic mass is 19.4. The van der Waals surface area contributed by atoms with E-state index in [1.54, 1.807) is 32.0 Å². The number of carbonyl (C=O) groups excluding carboxylic acids is 5. The van der Waals surface area contributed by atoms with Crippen molar-refractivity contribution in [3.63, 3.8) is 0 Å². The predicted octanol–water partition coefficient (Wildman–Crippen LogP) is 7.11. The second-order valence-electron chi connectivity index (χ2n) is 12.6. The summed E-state index contributed by atoms with van der Waals surface area (Å²) in [5, 5.41) is 7.56. The molecule has 0 atom stereocenters. The number of ether oxygens (including phenoxy) is 2. The molecular formula is C40H39F5N4O7. The van der Waals surface area contributed by atoms with E-state index < -0.39 is 82.2 Å². The molecule has 0 fully saturated rings. The fourth-order valence-electron chi connectivity index (χ4n) is 5.55. The molecule has 0 unspecified atom stereocenters. The van der Waals surface area contributed by atoms with Crippen LogP contribution >= 0.6 is 0 Å². The fourth-order valence-corrected chi connectivity index (χ4v) is 5.55. The van der Waals surface area contributed by atoms with Gasteiger partial charge in [-0.2, -0.15) is 13.2 Å². The molecule has 4 aromatic carbocycles. The van der Waals surface area contributed by atoms with E-state index >= 15 is 8.78 Å². The highest BCUT2D eigenvalue weighted by Crippen LogP contribution is 2.35. The second kappa shape index (κ2) is 18.3. The second-order valence-corrected chi connectivity index (χ2v) is 12.6. The minimum Gasteiger partial charge on any atom is -0.432 e. The standard InChI is InChI=1S/C40H39F5N4O7/c1-5-20-46-36(52)39(37(53)47-21-6-2,25-12-8-7-9-13-25)23-55-38(54)56-33-29(41)22-30(31(32(33)42)35(51)49(3)4)48-34(50)28-15-11-10-14-27(28)24-16-18-26(19-17-24)40(43,44)45/h7-19,22H,5-6,20-21,23H2,1-4H3,(H,46,52)(H,47,53)(H,48,50). The van der Waals surface area contributed by atoms with Gasteiger partial charge in [-0.1, -0.05) is 74.5 Å². The fraction of sp³-hybridized carbons (Fsp3) is 0.275. The largest absolute Gasteiger partial charge is 0.514 e. The Morgan fingerprint density at radius 1 is 0.750 bits per heavy atom. The zero-order valence-corrected chi connectivity index (χ0v) is 30.8. The summed E-state index contributed by atoms with van der Waals surface area (Å²) in [5.41, 5.74) is -4.25. The maximum absolute atomic E-state index is 16.2. The highest BCUT2D eigenvalue weighted by molar-refractivity contribution is 6.12. The molecule has 0 spiro atoms. The molecule has 0 aliphatic rings. The molecule has 0 heterocycles. The molecule has 16 heteroatoms. The van der Waals surface area contributed by atoms with Crippen LogP contribution in [0, 0.1) is 11.6 Å². The van der Waals surface area contributed by atoms with Crippen LogP contribution in [0.15, 0.2) is 84.9 Å². The number of alkyl halides is 3. The van der Waals surface area contributed by atoms with Crippen molar-refractivity contribution in [2.45, 2.75) is 38.3 Å². The molecule has 0 aromatic heterocycles. The zero-order chi connectivity index (χ0) is 41.2. The van der Waals surface area contributed by atoms with Gasteiger partial charge in [0, 0.05) is 38.8 Å². The van der Waals surface area contributed by atoms with E-state index in [4.69, 9.17) is 9.47 Å². The number of halogens is 5. The van der Waals surface area contributed by atoms with E-state index in [9.17, 15) is 37.1 Å². The quantitative estimate of drug-likeness (QED) is 0.0536. The predicted molar refractivity (Wildman–Crippen MR) is 196 cm³/mol. The lowest BCUT2D eigenvalue weighted by atomic mass is 9.79. The SMILES string of the molecule is CCCNC(=O)C(COC(=O)Oc1c(F)cc(NC(=O)c2ccccc2-c2ccc(C(F)(F)F)cc2)c(C(=O)N(C)C)c1F)(C(=O)NCCC)c1ccccc1. The third kappa shape index (κ3) is 9.48. The van der Waals surface area contributed by atoms with Gasteiger partial charge in [0.2, 0.25) is 17.6 Å². The van der Waals surface area contributed by atoms with Gasteiger partial charge < -0.3 is 30.3 Å². The average Bonchev–Trinajstić information content (AvgIpc) is 3.17. The van der Waals surface area contributed by atoms with Crippen LogP contribution in [-0.2, 0) is 25.9 Å². The third-order valence-electron chi connectivity index (χ3n) is 8.44. The molecule has 0 aliphatic carbocycles. The number of nitrogens with one attached hydrogen (secondary N) is 3. The summed E-state index contributed by atoms with van der Waals surface area (Å²) in [6.07, 6.45) is -5.33. The summed E-state index contributed by atoms with van der Waals surface area (Å²) in [6.45, 7) is 2.95. The minimum absolute atomic E-state index is 0.118. The molecule has 296 valence electrons. The number of hydrogen-bond acceptors (Lipinski definition) is 7. The number of anilines is 1. The summed E-state index contributed by atoms with van der Waals surface area (Å²) in [5.74, 6) is -8.36. The van der Waals surface area contributed by atoms with Gasteiger partial charge in [-0.3, -0.25) is 19.2 Å². The Bertz CT molecular complexity index is 2050. The zero-order valence-electron chi connectivity index (χ0n) is 30.8. The van der Waals surface area contributed by atoms with Crippen molar-refractivity contribution >= 4 is 35.5 Å². The monoisotopic (exact) mass is 782 g/mol. The Balaban J connectivity index is 1.68. The molecule has 0 saturated carbocycles. The summed E-state index contributed by atoms with van der Waals surface area (Å²) < 4.78 is 81.4.